The van der Waals surface area contributed by atoms with E-state index in [4.69, 9.17) is 0 Å². The van der Waals surface area contributed by atoms with E-state index < -0.39 is 0 Å². The third-order valence-electron chi connectivity index (χ3n) is 3.64. The average molecular weight is 253 g/mol. The normalized spacial score (nSPS) is 15.4. The van der Waals surface area contributed by atoms with Crippen LogP contribution in [0.2, 0.25) is 0 Å². The van der Waals surface area contributed by atoms with Gasteiger partial charge in [0.2, 0.25) is 0 Å². The summed E-state index contributed by atoms with van der Waals surface area (Å²) in [6, 6.07) is 9.06. The summed E-state index contributed by atoms with van der Waals surface area (Å²) >= 11 is 0. The molecule has 1 aromatic carbocycles. The van der Waals surface area contributed by atoms with Gasteiger partial charge in [-0.05, 0) is 63.5 Å². The van der Waals surface area contributed by atoms with E-state index in [0.717, 1.165) is 18.8 Å². The fraction of sp³-hybridized carbons (Fsp3) is 0.421. The first-order chi connectivity index (χ1) is 9.15. The monoisotopic (exact) mass is 253 g/mol. The van der Waals surface area contributed by atoms with Crippen molar-refractivity contribution in [2.24, 2.45) is 0 Å². The number of hydrogen-bond donors (Lipinski definition) is 0. The zero-order valence-electron chi connectivity index (χ0n) is 12.4. The molecule has 1 aliphatic carbocycles. The van der Waals surface area contributed by atoms with Crippen LogP contribution in [0.3, 0.4) is 0 Å². The lowest BCUT2D eigenvalue weighted by Crippen LogP contribution is -1.84. The molecule has 0 spiro atoms. The van der Waals surface area contributed by atoms with Crippen LogP contribution >= 0.6 is 0 Å². The summed E-state index contributed by atoms with van der Waals surface area (Å²) in [6.45, 7) is 6.53. The van der Waals surface area contributed by atoms with E-state index in [2.05, 4.69) is 63.6 Å². The molecule has 0 saturated heterocycles. The fourth-order valence-electron chi connectivity index (χ4n) is 2.21. The molecule has 1 radical (unpaired) electrons. The third kappa shape index (κ3) is 5.06. The summed E-state index contributed by atoms with van der Waals surface area (Å²) in [5.41, 5.74) is 5.68. The summed E-state index contributed by atoms with van der Waals surface area (Å²) < 4.78 is 0. The second kappa shape index (κ2) is 6.75. The smallest absolute Gasteiger partial charge is 0.0124 e. The Kier molecular flexibility index (Phi) is 5.01. The molecule has 1 aliphatic rings. The Hall–Kier alpha value is -1.30. The molecule has 0 atom stereocenters. The largest absolute Gasteiger partial charge is 0.0856 e. The first-order valence-corrected chi connectivity index (χ1v) is 7.39. The fourth-order valence-corrected chi connectivity index (χ4v) is 2.21. The second-order valence-corrected chi connectivity index (χ2v) is 5.94. The topological polar surface area (TPSA) is 0 Å². The quantitative estimate of drug-likeness (QED) is 0.561. The maximum Gasteiger partial charge on any atom is 0.0124 e. The lowest BCUT2D eigenvalue weighted by Gasteiger charge is -2.02. The van der Waals surface area contributed by atoms with Gasteiger partial charge in [-0.25, -0.2) is 0 Å². The molecule has 0 unspecified atom stereocenters. The van der Waals surface area contributed by atoms with Crippen molar-refractivity contribution in [1.82, 2.24) is 0 Å². The molecule has 1 saturated carbocycles. The van der Waals surface area contributed by atoms with Crippen molar-refractivity contribution < 1.29 is 0 Å². The second-order valence-electron chi connectivity index (χ2n) is 5.94. The summed E-state index contributed by atoms with van der Waals surface area (Å²) in [6.07, 6.45) is 11.9. The zero-order valence-corrected chi connectivity index (χ0v) is 12.4. The minimum absolute atomic E-state index is 0.857. The lowest BCUT2D eigenvalue weighted by molar-refractivity contribution is 0.965. The van der Waals surface area contributed by atoms with E-state index in [0.29, 0.717) is 0 Å². The Morgan fingerprint density at radius 3 is 2.37 bits per heavy atom. The van der Waals surface area contributed by atoms with Gasteiger partial charge in [-0.3, -0.25) is 0 Å². The molecular formula is C19H25. The van der Waals surface area contributed by atoms with E-state index in [-0.39, 0.29) is 0 Å². The van der Waals surface area contributed by atoms with Gasteiger partial charge in [0.1, 0.15) is 0 Å². The SMILES string of the molecule is CC(C)=CCC/C(C)=C/[CH]c1ccc(C2CC2)cc1. The highest BCUT2D eigenvalue weighted by molar-refractivity contribution is 5.34. The molecule has 1 fully saturated rings. The molecule has 0 aromatic heterocycles. The number of hydrogen-bond acceptors (Lipinski definition) is 0. The van der Waals surface area contributed by atoms with E-state index >= 15 is 0 Å². The summed E-state index contributed by atoms with van der Waals surface area (Å²) in [5, 5.41) is 0. The summed E-state index contributed by atoms with van der Waals surface area (Å²) in [4.78, 5) is 0. The molecule has 19 heavy (non-hydrogen) atoms. The first-order valence-electron chi connectivity index (χ1n) is 7.39. The van der Waals surface area contributed by atoms with Crippen molar-refractivity contribution in [2.75, 3.05) is 0 Å². The van der Waals surface area contributed by atoms with Gasteiger partial charge in [0, 0.05) is 6.42 Å². The molecule has 0 heterocycles. The number of benzene rings is 1. The van der Waals surface area contributed by atoms with Crippen LogP contribution in [0.25, 0.3) is 0 Å². The van der Waals surface area contributed by atoms with Gasteiger partial charge in [-0.15, -0.1) is 0 Å². The molecule has 2 rings (SSSR count). The highest BCUT2D eigenvalue weighted by Crippen LogP contribution is 2.39. The maximum absolute atomic E-state index is 2.31. The minimum Gasteiger partial charge on any atom is -0.0856 e. The molecule has 0 nitrogen and oxygen atoms in total. The van der Waals surface area contributed by atoms with Crippen LogP contribution in [0.5, 0.6) is 0 Å². The molecular weight excluding hydrogens is 228 g/mol. The van der Waals surface area contributed by atoms with Crippen molar-refractivity contribution >= 4 is 0 Å². The van der Waals surface area contributed by atoms with Crippen molar-refractivity contribution in [1.29, 1.82) is 0 Å². The van der Waals surface area contributed by atoms with E-state index in [1.54, 1.807) is 0 Å². The molecule has 101 valence electrons. The molecule has 0 heteroatoms. The van der Waals surface area contributed by atoms with Crippen LogP contribution in [0.15, 0.2) is 47.6 Å². The van der Waals surface area contributed by atoms with E-state index in [1.165, 1.54) is 35.1 Å². The average Bonchev–Trinajstić information content (AvgIpc) is 3.21. The van der Waals surface area contributed by atoms with Gasteiger partial charge < -0.3 is 0 Å². The van der Waals surface area contributed by atoms with Gasteiger partial charge in [0.25, 0.3) is 0 Å². The molecule has 0 bridgehead atoms. The number of rotatable bonds is 6. The molecule has 1 aromatic rings. The predicted octanol–water partition coefficient (Wildman–Crippen LogP) is 5.81. The summed E-state index contributed by atoms with van der Waals surface area (Å²) in [7, 11) is 0. The Balaban J connectivity index is 1.81. The standard InChI is InChI=1S/C19H25/c1-15(2)5-4-6-16(3)7-8-17-9-11-18(12-10-17)19-13-14-19/h5,7-12,19H,4,6,13-14H2,1-3H3/b16-7+. The Morgan fingerprint density at radius 1 is 1.11 bits per heavy atom. The van der Waals surface area contributed by atoms with Gasteiger partial charge in [-0.2, -0.15) is 0 Å². The third-order valence-corrected chi connectivity index (χ3v) is 3.64. The lowest BCUT2D eigenvalue weighted by atomic mass is 10.0. The Labute approximate surface area is 118 Å². The highest BCUT2D eigenvalue weighted by atomic mass is 14.3. The maximum atomic E-state index is 2.31. The predicted molar refractivity (Wildman–Crippen MR) is 84.2 cm³/mol. The molecule has 0 aliphatic heterocycles. The van der Waals surface area contributed by atoms with Crippen LogP contribution in [0, 0.1) is 6.42 Å². The van der Waals surface area contributed by atoms with Gasteiger partial charge >= 0.3 is 0 Å². The van der Waals surface area contributed by atoms with Crippen LogP contribution < -0.4 is 0 Å². The van der Waals surface area contributed by atoms with E-state index in [9.17, 15) is 0 Å². The van der Waals surface area contributed by atoms with Crippen molar-refractivity contribution in [3.8, 4) is 0 Å². The van der Waals surface area contributed by atoms with Crippen molar-refractivity contribution in [3.63, 3.8) is 0 Å². The first kappa shape index (κ1) is 14.1. The van der Waals surface area contributed by atoms with Crippen LogP contribution in [0.1, 0.15) is 63.5 Å². The number of allylic oxidation sites excluding steroid dienone is 4. The van der Waals surface area contributed by atoms with Gasteiger partial charge in [-0.1, -0.05) is 47.6 Å². The Morgan fingerprint density at radius 2 is 1.79 bits per heavy atom. The molecule has 0 N–H and O–H groups in total. The van der Waals surface area contributed by atoms with Crippen LogP contribution in [-0.2, 0) is 0 Å². The van der Waals surface area contributed by atoms with Gasteiger partial charge in [0.05, 0.1) is 0 Å². The summed E-state index contributed by atoms with van der Waals surface area (Å²) in [5.74, 6) is 0.857. The van der Waals surface area contributed by atoms with Gasteiger partial charge in [0.15, 0.2) is 0 Å². The molecule has 0 amide bonds. The highest BCUT2D eigenvalue weighted by Gasteiger charge is 2.22. The van der Waals surface area contributed by atoms with Crippen LogP contribution in [0.4, 0.5) is 0 Å². The minimum atomic E-state index is 0.857. The van der Waals surface area contributed by atoms with Crippen molar-refractivity contribution in [2.45, 2.75) is 52.4 Å². The Bertz CT molecular complexity index is 451. The van der Waals surface area contributed by atoms with Crippen molar-refractivity contribution in [3.05, 3.63) is 65.1 Å². The zero-order chi connectivity index (χ0) is 13.7. The van der Waals surface area contributed by atoms with E-state index in [1.807, 2.05) is 0 Å². The van der Waals surface area contributed by atoms with Crippen LogP contribution in [-0.4, -0.2) is 0 Å².